The number of benzene rings is 1. The Labute approximate surface area is 122 Å². The second-order valence-corrected chi connectivity index (χ2v) is 6.52. The van der Waals surface area contributed by atoms with Gasteiger partial charge in [0.15, 0.2) is 0 Å². The molecule has 1 aromatic carbocycles. The molecule has 4 heteroatoms. The zero-order valence-electron chi connectivity index (χ0n) is 11.4. The highest BCUT2D eigenvalue weighted by atomic mass is 79.9. The summed E-state index contributed by atoms with van der Waals surface area (Å²) in [5.41, 5.74) is 0.162. The van der Waals surface area contributed by atoms with E-state index in [1.807, 2.05) is 7.05 Å². The van der Waals surface area contributed by atoms with E-state index in [-0.39, 0.29) is 5.56 Å². The molecule has 1 aromatic rings. The van der Waals surface area contributed by atoms with Gasteiger partial charge in [-0.2, -0.15) is 0 Å². The summed E-state index contributed by atoms with van der Waals surface area (Å²) in [7, 11) is 1.96. The van der Waals surface area contributed by atoms with Crippen molar-refractivity contribution in [3.05, 3.63) is 33.8 Å². The minimum Gasteiger partial charge on any atom is -0.299 e. The predicted octanol–water partition coefficient (Wildman–Crippen LogP) is 4.74. The Kier molecular flexibility index (Phi) is 4.96. The minimum atomic E-state index is -0.476. The first-order valence-corrected chi connectivity index (χ1v) is 7.61. The largest absolute Gasteiger partial charge is 0.299 e. The van der Waals surface area contributed by atoms with Gasteiger partial charge in [0.1, 0.15) is 11.6 Å². The number of hydrogen-bond acceptors (Lipinski definition) is 1. The van der Waals surface area contributed by atoms with Crippen LogP contribution in [0.1, 0.15) is 38.2 Å². The van der Waals surface area contributed by atoms with Crippen LogP contribution in [-0.2, 0) is 6.54 Å². The van der Waals surface area contributed by atoms with E-state index in [0.29, 0.717) is 23.0 Å². The molecule has 0 aromatic heterocycles. The zero-order valence-corrected chi connectivity index (χ0v) is 13.0. The van der Waals surface area contributed by atoms with E-state index in [0.717, 1.165) is 12.8 Å². The van der Waals surface area contributed by atoms with Crippen LogP contribution >= 0.6 is 15.9 Å². The molecule has 2 atom stereocenters. The fraction of sp³-hybridized carbons (Fsp3) is 0.600. The van der Waals surface area contributed by atoms with Crippen molar-refractivity contribution in [2.75, 3.05) is 7.05 Å². The van der Waals surface area contributed by atoms with Crippen LogP contribution in [0.4, 0.5) is 8.78 Å². The average molecular weight is 332 g/mol. The molecule has 1 saturated carbocycles. The smallest absolute Gasteiger partial charge is 0.144 e. The molecular formula is C15H20BrF2N. The van der Waals surface area contributed by atoms with Crippen LogP contribution in [0, 0.1) is 17.6 Å². The van der Waals surface area contributed by atoms with E-state index in [2.05, 4.69) is 27.8 Å². The van der Waals surface area contributed by atoms with Gasteiger partial charge in [-0.1, -0.05) is 19.8 Å². The fourth-order valence-corrected chi connectivity index (χ4v) is 3.27. The summed E-state index contributed by atoms with van der Waals surface area (Å²) in [6.07, 6.45) is 4.72. The molecule has 19 heavy (non-hydrogen) atoms. The van der Waals surface area contributed by atoms with Crippen LogP contribution in [-0.4, -0.2) is 18.0 Å². The van der Waals surface area contributed by atoms with Gasteiger partial charge in [0.2, 0.25) is 0 Å². The van der Waals surface area contributed by atoms with E-state index < -0.39 is 11.6 Å². The molecule has 0 aliphatic heterocycles. The molecule has 1 nitrogen and oxygen atoms in total. The van der Waals surface area contributed by atoms with Crippen LogP contribution in [0.2, 0.25) is 0 Å². The Bertz CT molecular complexity index is 450. The van der Waals surface area contributed by atoms with Crippen molar-refractivity contribution >= 4 is 15.9 Å². The van der Waals surface area contributed by atoms with E-state index in [1.165, 1.54) is 25.0 Å². The maximum atomic E-state index is 14.0. The highest BCUT2D eigenvalue weighted by molar-refractivity contribution is 9.10. The van der Waals surface area contributed by atoms with E-state index in [9.17, 15) is 8.78 Å². The fourth-order valence-electron chi connectivity index (χ4n) is 2.89. The molecule has 0 amide bonds. The third kappa shape index (κ3) is 3.54. The molecule has 2 unspecified atom stereocenters. The van der Waals surface area contributed by atoms with Gasteiger partial charge < -0.3 is 0 Å². The van der Waals surface area contributed by atoms with Crippen LogP contribution in [0.15, 0.2) is 16.6 Å². The Morgan fingerprint density at radius 2 is 2.05 bits per heavy atom. The van der Waals surface area contributed by atoms with Crippen molar-refractivity contribution < 1.29 is 8.78 Å². The molecule has 0 heterocycles. The maximum Gasteiger partial charge on any atom is 0.144 e. The van der Waals surface area contributed by atoms with Crippen LogP contribution in [0.5, 0.6) is 0 Å². The molecule has 106 valence electrons. The van der Waals surface area contributed by atoms with Crippen LogP contribution < -0.4 is 0 Å². The Morgan fingerprint density at radius 1 is 1.32 bits per heavy atom. The highest BCUT2D eigenvalue weighted by Gasteiger charge is 2.24. The first kappa shape index (κ1) is 14.9. The second-order valence-electron chi connectivity index (χ2n) is 5.66. The van der Waals surface area contributed by atoms with Crippen LogP contribution in [0.3, 0.4) is 0 Å². The molecule has 0 saturated heterocycles. The Balaban J connectivity index is 2.10. The Hall–Kier alpha value is -0.480. The van der Waals surface area contributed by atoms with Gasteiger partial charge in [0.05, 0.1) is 4.47 Å². The summed E-state index contributed by atoms with van der Waals surface area (Å²) in [5.74, 6) is -0.231. The SMILES string of the molecule is CC1CCCC(N(C)Cc2c(F)ccc(Br)c2F)C1. The van der Waals surface area contributed by atoms with Gasteiger partial charge in [-0.25, -0.2) is 8.78 Å². The number of halogens is 3. The van der Waals surface area contributed by atoms with E-state index in [1.54, 1.807) is 0 Å². The van der Waals surface area contributed by atoms with Crippen LogP contribution in [0.25, 0.3) is 0 Å². The van der Waals surface area contributed by atoms with Gasteiger partial charge in [0.25, 0.3) is 0 Å². The molecule has 0 N–H and O–H groups in total. The van der Waals surface area contributed by atoms with Crippen molar-refractivity contribution in [3.63, 3.8) is 0 Å². The molecule has 0 spiro atoms. The summed E-state index contributed by atoms with van der Waals surface area (Å²) in [6.45, 7) is 2.58. The summed E-state index contributed by atoms with van der Waals surface area (Å²) in [5, 5.41) is 0. The zero-order chi connectivity index (χ0) is 14.0. The first-order chi connectivity index (χ1) is 8.99. The molecule has 2 rings (SSSR count). The van der Waals surface area contributed by atoms with E-state index >= 15 is 0 Å². The summed E-state index contributed by atoms with van der Waals surface area (Å²) >= 11 is 3.12. The van der Waals surface area contributed by atoms with Crippen molar-refractivity contribution in [1.82, 2.24) is 4.90 Å². The lowest BCUT2D eigenvalue weighted by Crippen LogP contribution is -2.35. The average Bonchev–Trinajstić information content (AvgIpc) is 2.39. The standard InChI is InChI=1S/C15H20BrF2N/c1-10-4-3-5-11(8-10)19(2)9-12-14(17)7-6-13(16)15(12)18/h6-7,10-11H,3-5,8-9H2,1-2H3. The van der Waals surface area contributed by atoms with Crippen molar-refractivity contribution in [2.24, 2.45) is 5.92 Å². The summed E-state index contributed by atoms with van der Waals surface area (Å²) in [4.78, 5) is 2.09. The highest BCUT2D eigenvalue weighted by Crippen LogP contribution is 2.29. The topological polar surface area (TPSA) is 3.24 Å². The molecule has 1 fully saturated rings. The molecule has 1 aliphatic carbocycles. The third-order valence-corrected chi connectivity index (χ3v) is 4.69. The number of rotatable bonds is 3. The monoisotopic (exact) mass is 331 g/mol. The summed E-state index contributed by atoms with van der Waals surface area (Å²) in [6, 6.07) is 3.16. The molecule has 1 aliphatic rings. The third-order valence-electron chi connectivity index (χ3n) is 4.08. The lowest BCUT2D eigenvalue weighted by Gasteiger charge is -2.34. The van der Waals surface area contributed by atoms with Crippen molar-refractivity contribution in [2.45, 2.75) is 45.2 Å². The van der Waals surface area contributed by atoms with Gasteiger partial charge in [0, 0.05) is 18.2 Å². The number of nitrogens with zero attached hydrogens (tertiary/aromatic N) is 1. The van der Waals surface area contributed by atoms with Crippen molar-refractivity contribution in [3.8, 4) is 0 Å². The Morgan fingerprint density at radius 3 is 2.74 bits per heavy atom. The van der Waals surface area contributed by atoms with Gasteiger partial charge >= 0.3 is 0 Å². The van der Waals surface area contributed by atoms with Gasteiger partial charge in [-0.15, -0.1) is 0 Å². The molecular weight excluding hydrogens is 312 g/mol. The normalized spacial score (nSPS) is 23.9. The van der Waals surface area contributed by atoms with Gasteiger partial charge in [-0.05, 0) is 53.9 Å². The first-order valence-electron chi connectivity index (χ1n) is 6.81. The predicted molar refractivity (Wildman–Crippen MR) is 76.9 cm³/mol. The lowest BCUT2D eigenvalue weighted by atomic mass is 9.86. The maximum absolute atomic E-state index is 14.0. The van der Waals surface area contributed by atoms with Gasteiger partial charge in [-0.3, -0.25) is 4.90 Å². The van der Waals surface area contributed by atoms with E-state index in [4.69, 9.17) is 0 Å². The lowest BCUT2D eigenvalue weighted by molar-refractivity contribution is 0.154. The molecule has 0 bridgehead atoms. The summed E-state index contributed by atoms with van der Waals surface area (Å²) < 4.78 is 28.0. The minimum absolute atomic E-state index is 0.162. The number of hydrogen-bond donors (Lipinski definition) is 0. The molecule has 0 radical (unpaired) electrons. The second kappa shape index (κ2) is 6.31. The quantitative estimate of drug-likeness (QED) is 0.723. The van der Waals surface area contributed by atoms with Crippen molar-refractivity contribution in [1.29, 1.82) is 0 Å².